The summed E-state index contributed by atoms with van der Waals surface area (Å²) in [6.45, 7) is 3.34. The van der Waals surface area contributed by atoms with Crippen LogP contribution in [0.15, 0.2) is 22.9 Å². The van der Waals surface area contributed by atoms with Crippen LogP contribution in [0.3, 0.4) is 0 Å². The maximum absolute atomic E-state index is 11.8. The molecule has 0 aromatic carbocycles. The molecule has 0 saturated carbocycles. The number of esters is 1. The van der Waals surface area contributed by atoms with E-state index >= 15 is 0 Å². The standard InChI is InChI=1S/C13H11BrN2O3S/c1-3-19-13(18)10-11(7(2)17)20-12(16-10)8-4-9(14)6-15-5-8/h4-6H,3H2,1-2H3. The number of thiazole rings is 1. The van der Waals surface area contributed by atoms with Gasteiger partial charge in [-0.15, -0.1) is 11.3 Å². The molecule has 7 heteroatoms. The molecule has 0 aliphatic heterocycles. The van der Waals surface area contributed by atoms with Crippen LogP contribution in [0.2, 0.25) is 0 Å². The summed E-state index contributed by atoms with van der Waals surface area (Å²) < 4.78 is 5.72. The molecule has 0 amide bonds. The van der Waals surface area contributed by atoms with E-state index in [1.165, 1.54) is 6.92 Å². The van der Waals surface area contributed by atoms with Crippen molar-refractivity contribution in [1.29, 1.82) is 0 Å². The van der Waals surface area contributed by atoms with Crippen molar-refractivity contribution in [2.24, 2.45) is 0 Å². The van der Waals surface area contributed by atoms with Crippen LogP contribution in [0.1, 0.15) is 34.0 Å². The van der Waals surface area contributed by atoms with E-state index in [1.54, 1.807) is 19.3 Å². The number of rotatable bonds is 4. The Morgan fingerprint density at radius 2 is 2.15 bits per heavy atom. The molecular formula is C13H11BrN2O3S. The molecule has 0 radical (unpaired) electrons. The van der Waals surface area contributed by atoms with Gasteiger partial charge in [0.25, 0.3) is 0 Å². The van der Waals surface area contributed by atoms with Crippen molar-refractivity contribution >= 4 is 39.0 Å². The summed E-state index contributed by atoms with van der Waals surface area (Å²) >= 11 is 4.48. The molecule has 0 aliphatic rings. The molecule has 5 nitrogen and oxygen atoms in total. The summed E-state index contributed by atoms with van der Waals surface area (Å²) in [7, 11) is 0. The Labute approximate surface area is 128 Å². The molecule has 0 fully saturated rings. The quantitative estimate of drug-likeness (QED) is 0.621. The number of hydrogen-bond donors (Lipinski definition) is 0. The fraction of sp³-hybridized carbons (Fsp3) is 0.231. The van der Waals surface area contributed by atoms with Crippen LogP contribution < -0.4 is 0 Å². The molecule has 104 valence electrons. The van der Waals surface area contributed by atoms with Crippen LogP contribution >= 0.6 is 27.3 Å². The van der Waals surface area contributed by atoms with Gasteiger partial charge in [-0.25, -0.2) is 9.78 Å². The second-order valence-electron chi connectivity index (χ2n) is 3.87. The van der Waals surface area contributed by atoms with Crippen molar-refractivity contribution in [3.63, 3.8) is 0 Å². The van der Waals surface area contributed by atoms with Gasteiger partial charge in [0.15, 0.2) is 11.5 Å². The van der Waals surface area contributed by atoms with Gasteiger partial charge in [0.1, 0.15) is 9.88 Å². The molecule has 2 aromatic rings. The van der Waals surface area contributed by atoms with E-state index in [9.17, 15) is 9.59 Å². The predicted molar refractivity (Wildman–Crippen MR) is 79.0 cm³/mol. The smallest absolute Gasteiger partial charge is 0.358 e. The van der Waals surface area contributed by atoms with E-state index in [4.69, 9.17) is 4.74 Å². The van der Waals surface area contributed by atoms with E-state index < -0.39 is 5.97 Å². The van der Waals surface area contributed by atoms with E-state index in [1.807, 2.05) is 6.07 Å². The number of hydrogen-bond acceptors (Lipinski definition) is 6. The van der Waals surface area contributed by atoms with Crippen molar-refractivity contribution in [1.82, 2.24) is 9.97 Å². The van der Waals surface area contributed by atoms with E-state index in [2.05, 4.69) is 25.9 Å². The van der Waals surface area contributed by atoms with Gasteiger partial charge in [-0.3, -0.25) is 9.78 Å². The lowest BCUT2D eigenvalue weighted by Crippen LogP contribution is -2.09. The lowest BCUT2D eigenvalue weighted by Gasteiger charge is -1.99. The first-order chi connectivity index (χ1) is 9.52. The normalized spacial score (nSPS) is 10.3. The van der Waals surface area contributed by atoms with Gasteiger partial charge in [0.05, 0.1) is 6.61 Å². The number of ketones is 1. The minimum absolute atomic E-state index is 0.0688. The lowest BCUT2D eigenvalue weighted by atomic mass is 10.3. The van der Waals surface area contributed by atoms with Gasteiger partial charge in [-0.2, -0.15) is 0 Å². The van der Waals surface area contributed by atoms with Gasteiger partial charge >= 0.3 is 5.97 Å². The van der Waals surface area contributed by atoms with Gasteiger partial charge in [-0.05, 0) is 28.9 Å². The highest BCUT2D eigenvalue weighted by Gasteiger charge is 2.22. The Kier molecular flexibility index (Phi) is 4.61. The summed E-state index contributed by atoms with van der Waals surface area (Å²) in [5.41, 5.74) is 0.807. The number of ether oxygens (including phenoxy) is 1. The van der Waals surface area contributed by atoms with Gasteiger partial charge in [0.2, 0.25) is 0 Å². The fourth-order valence-corrected chi connectivity index (χ4v) is 2.84. The van der Waals surface area contributed by atoms with Crippen LogP contribution in [0.25, 0.3) is 10.6 Å². The monoisotopic (exact) mass is 354 g/mol. The van der Waals surface area contributed by atoms with Crippen molar-refractivity contribution in [2.75, 3.05) is 6.61 Å². The van der Waals surface area contributed by atoms with Gasteiger partial charge < -0.3 is 4.74 Å². The lowest BCUT2D eigenvalue weighted by molar-refractivity contribution is 0.0517. The van der Waals surface area contributed by atoms with Crippen LogP contribution in [0.5, 0.6) is 0 Å². The summed E-state index contributed by atoms with van der Waals surface area (Å²) in [5, 5.41) is 0.562. The number of pyridine rings is 1. The van der Waals surface area contributed by atoms with Crippen LogP contribution in [-0.4, -0.2) is 28.3 Å². The first-order valence-electron chi connectivity index (χ1n) is 5.82. The molecule has 0 aliphatic carbocycles. The zero-order chi connectivity index (χ0) is 14.7. The van der Waals surface area contributed by atoms with Crippen molar-refractivity contribution in [3.05, 3.63) is 33.5 Å². The summed E-state index contributed by atoms with van der Waals surface area (Å²) in [5.74, 6) is -0.789. The number of carbonyl (C=O) groups is 2. The first kappa shape index (κ1) is 14.8. The highest BCUT2D eigenvalue weighted by atomic mass is 79.9. The topological polar surface area (TPSA) is 69.2 Å². The summed E-state index contributed by atoms with van der Waals surface area (Å²) in [4.78, 5) is 32.0. The maximum Gasteiger partial charge on any atom is 0.358 e. The van der Waals surface area contributed by atoms with Crippen LogP contribution in [0.4, 0.5) is 0 Å². The van der Waals surface area contributed by atoms with Crippen molar-refractivity contribution in [3.8, 4) is 10.6 Å². The highest BCUT2D eigenvalue weighted by Crippen LogP contribution is 2.29. The highest BCUT2D eigenvalue weighted by molar-refractivity contribution is 9.10. The molecule has 0 atom stereocenters. The van der Waals surface area contributed by atoms with Gasteiger partial charge in [-0.1, -0.05) is 0 Å². The Bertz CT molecular complexity index is 669. The molecule has 0 bridgehead atoms. The molecular weight excluding hydrogens is 344 g/mol. The largest absolute Gasteiger partial charge is 0.461 e. The van der Waals surface area contributed by atoms with Crippen LogP contribution in [0, 0.1) is 0 Å². The van der Waals surface area contributed by atoms with E-state index in [0.29, 0.717) is 9.88 Å². The Hall–Kier alpha value is -1.60. The SMILES string of the molecule is CCOC(=O)c1nc(-c2cncc(Br)c2)sc1C(C)=O. The minimum atomic E-state index is -0.580. The van der Waals surface area contributed by atoms with Crippen molar-refractivity contribution in [2.45, 2.75) is 13.8 Å². The Morgan fingerprint density at radius 1 is 1.40 bits per heavy atom. The van der Waals surface area contributed by atoms with Crippen LogP contribution in [-0.2, 0) is 4.74 Å². The number of halogens is 1. The average Bonchev–Trinajstić information content (AvgIpc) is 2.84. The average molecular weight is 355 g/mol. The number of aromatic nitrogens is 2. The van der Waals surface area contributed by atoms with E-state index in [0.717, 1.165) is 21.4 Å². The number of carbonyl (C=O) groups excluding carboxylic acids is 2. The molecule has 0 spiro atoms. The number of Topliss-reactive ketones (excluding diaryl/α,β-unsaturated/α-hetero) is 1. The molecule has 0 saturated heterocycles. The Morgan fingerprint density at radius 3 is 2.75 bits per heavy atom. The minimum Gasteiger partial charge on any atom is -0.461 e. The second-order valence-corrected chi connectivity index (χ2v) is 5.78. The zero-order valence-electron chi connectivity index (χ0n) is 10.8. The third-order valence-electron chi connectivity index (χ3n) is 2.37. The molecule has 0 unspecified atom stereocenters. The Balaban J connectivity index is 2.49. The maximum atomic E-state index is 11.8. The zero-order valence-corrected chi connectivity index (χ0v) is 13.2. The molecule has 2 aromatic heterocycles. The third-order valence-corrected chi connectivity index (χ3v) is 4.01. The first-order valence-corrected chi connectivity index (χ1v) is 7.43. The molecule has 0 N–H and O–H groups in total. The summed E-state index contributed by atoms with van der Waals surface area (Å²) in [6, 6.07) is 1.82. The number of nitrogens with zero attached hydrogens (tertiary/aromatic N) is 2. The van der Waals surface area contributed by atoms with Gasteiger partial charge in [0, 0.05) is 29.4 Å². The summed E-state index contributed by atoms with van der Waals surface area (Å²) in [6.07, 6.45) is 3.28. The van der Waals surface area contributed by atoms with E-state index in [-0.39, 0.29) is 18.1 Å². The third kappa shape index (κ3) is 3.10. The van der Waals surface area contributed by atoms with Crippen molar-refractivity contribution < 1.29 is 14.3 Å². The molecule has 2 heterocycles. The fourth-order valence-electron chi connectivity index (χ4n) is 1.55. The molecule has 20 heavy (non-hydrogen) atoms. The second kappa shape index (κ2) is 6.23. The molecule has 2 rings (SSSR count). The predicted octanol–water partition coefficient (Wildman–Crippen LogP) is 3.35.